The third-order valence-electron chi connectivity index (χ3n) is 3.71. The highest BCUT2D eigenvalue weighted by molar-refractivity contribution is 5.89. The van der Waals surface area contributed by atoms with Crippen LogP contribution in [0.1, 0.15) is 13.3 Å². The number of anilines is 1. The van der Waals surface area contributed by atoms with Crippen molar-refractivity contribution >= 4 is 11.7 Å². The Labute approximate surface area is 133 Å². The molecule has 0 saturated heterocycles. The van der Waals surface area contributed by atoms with Gasteiger partial charge in [0.1, 0.15) is 6.10 Å². The molecule has 8 heteroatoms. The quantitative estimate of drug-likeness (QED) is 0.840. The molecule has 0 bridgehead atoms. The van der Waals surface area contributed by atoms with Crippen LogP contribution in [-0.2, 0) is 9.47 Å². The highest BCUT2D eigenvalue weighted by atomic mass is 19.1. The Bertz CT molecular complexity index is 571. The van der Waals surface area contributed by atoms with Crippen LogP contribution in [0.3, 0.4) is 0 Å². The molecule has 1 aliphatic carbocycles. The van der Waals surface area contributed by atoms with Crippen molar-refractivity contribution in [1.82, 2.24) is 5.32 Å². The normalized spacial score (nSPS) is 23.1. The van der Waals surface area contributed by atoms with E-state index < -0.39 is 17.7 Å². The van der Waals surface area contributed by atoms with Gasteiger partial charge in [-0.2, -0.15) is 0 Å². The third-order valence-corrected chi connectivity index (χ3v) is 3.71. The fourth-order valence-electron chi connectivity index (χ4n) is 2.52. The van der Waals surface area contributed by atoms with Crippen LogP contribution >= 0.6 is 0 Å². The molecule has 0 aromatic heterocycles. The van der Waals surface area contributed by atoms with Crippen molar-refractivity contribution in [1.29, 1.82) is 0 Å². The van der Waals surface area contributed by atoms with Gasteiger partial charge >= 0.3 is 6.03 Å². The Kier molecular flexibility index (Phi) is 5.73. The zero-order valence-electron chi connectivity index (χ0n) is 13.2. The van der Waals surface area contributed by atoms with Crippen LogP contribution in [-0.4, -0.2) is 45.1 Å². The van der Waals surface area contributed by atoms with Crippen molar-refractivity contribution in [3.63, 3.8) is 0 Å². The Hall–Kier alpha value is -1.93. The largest absolute Gasteiger partial charge is 0.494 e. The summed E-state index contributed by atoms with van der Waals surface area (Å²) < 4.78 is 42.7. The molecule has 2 rings (SSSR count). The highest BCUT2D eigenvalue weighted by Gasteiger charge is 2.43. The van der Waals surface area contributed by atoms with Crippen molar-refractivity contribution in [3.8, 4) is 5.75 Å². The molecule has 2 amide bonds. The lowest BCUT2D eigenvalue weighted by Crippen LogP contribution is -2.61. The van der Waals surface area contributed by atoms with Crippen molar-refractivity contribution in [2.75, 3.05) is 26.1 Å². The molecule has 0 aliphatic heterocycles. The van der Waals surface area contributed by atoms with Crippen molar-refractivity contribution in [2.45, 2.75) is 31.6 Å². The average Bonchev–Trinajstić information content (AvgIpc) is 2.49. The lowest BCUT2D eigenvalue weighted by molar-refractivity contribution is -0.128. The first kappa shape index (κ1) is 17.4. The summed E-state index contributed by atoms with van der Waals surface area (Å²) in [7, 11) is 2.76. The number of amides is 2. The first-order valence-corrected chi connectivity index (χ1v) is 7.25. The fourth-order valence-corrected chi connectivity index (χ4v) is 2.52. The summed E-state index contributed by atoms with van der Waals surface area (Å²) in [5.41, 5.74) is -0.268. The van der Waals surface area contributed by atoms with E-state index in [0.29, 0.717) is 13.0 Å². The predicted octanol–water partition coefficient (Wildman–Crippen LogP) is 2.29. The van der Waals surface area contributed by atoms with Gasteiger partial charge in [0.2, 0.25) is 0 Å². The minimum atomic E-state index is -0.789. The van der Waals surface area contributed by atoms with E-state index in [-0.39, 0.29) is 29.7 Å². The number of benzene rings is 1. The van der Waals surface area contributed by atoms with Crippen LogP contribution < -0.4 is 15.4 Å². The molecule has 6 nitrogen and oxygen atoms in total. The monoisotopic (exact) mass is 330 g/mol. The smallest absolute Gasteiger partial charge is 0.319 e. The number of ether oxygens (including phenoxy) is 3. The van der Waals surface area contributed by atoms with Crippen molar-refractivity contribution < 1.29 is 27.8 Å². The van der Waals surface area contributed by atoms with E-state index in [4.69, 9.17) is 9.47 Å². The summed E-state index contributed by atoms with van der Waals surface area (Å²) in [5, 5.41) is 4.93. The summed E-state index contributed by atoms with van der Waals surface area (Å²) in [6.45, 7) is 2.43. The second-order valence-corrected chi connectivity index (χ2v) is 5.10. The standard InChI is InChI=1S/C15H20F2N2O4/c1-4-23-13-7-11(14(13)22-3)19-15(20)18-10-5-9(17)12(21-2)6-8(10)16/h5-6,11,13-14H,4,7H2,1-3H3,(H2,18,19,20)/t11-,13-,14+/m1/s1. The van der Waals surface area contributed by atoms with Crippen LogP contribution in [0.15, 0.2) is 12.1 Å². The summed E-state index contributed by atoms with van der Waals surface area (Å²) in [6, 6.07) is 0.848. The van der Waals surface area contributed by atoms with Crippen LogP contribution in [0.4, 0.5) is 19.3 Å². The van der Waals surface area contributed by atoms with Crippen molar-refractivity contribution in [2.24, 2.45) is 0 Å². The van der Waals surface area contributed by atoms with Crippen LogP contribution in [0.5, 0.6) is 5.75 Å². The summed E-state index contributed by atoms with van der Waals surface area (Å²) in [6.07, 6.45) is 0.253. The van der Waals surface area contributed by atoms with Gasteiger partial charge in [-0.25, -0.2) is 13.6 Å². The fraction of sp³-hybridized carbons (Fsp3) is 0.533. The maximum absolute atomic E-state index is 13.8. The molecule has 0 spiro atoms. The van der Waals surface area contributed by atoms with E-state index in [1.165, 1.54) is 14.2 Å². The molecule has 1 fully saturated rings. The SMILES string of the molecule is CCO[C@@H]1C[C@@H](NC(=O)Nc2cc(F)c(OC)cc2F)[C@@H]1OC. The number of halogens is 2. The minimum Gasteiger partial charge on any atom is -0.494 e. The molecule has 2 N–H and O–H groups in total. The van der Waals surface area contributed by atoms with E-state index in [0.717, 1.165) is 12.1 Å². The van der Waals surface area contributed by atoms with Gasteiger partial charge in [-0.05, 0) is 13.3 Å². The second kappa shape index (κ2) is 7.56. The van der Waals surface area contributed by atoms with Gasteiger partial charge in [0.05, 0.1) is 24.9 Å². The highest BCUT2D eigenvalue weighted by Crippen LogP contribution is 2.28. The topological polar surface area (TPSA) is 68.8 Å². The number of carbonyl (C=O) groups excluding carboxylic acids is 1. The second-order valence-electron chi connectivity index (χ2n) is 5.10. The maximum atomic E-state index is 13.8. The molecular weight excluding hydrogens is 310 g/mol. The van der Waals surface area contributed by atoms with E-state index >= 15 is 0 Å². The Morgan fingerprint density at radius 3 is 2.65 bits per heavy atom. The molecule has 0 unspecified atom stereocenters. The van der Waals surface area contributed by atoms with Gasteiger partial charge in [0.25, 0.3) is 0 Å². The summed E-state index contributed by atoms with van der Waals surface area (Å²) in [4.78, 5) is 11.9. The first-order valence-electron chi connectivity index (χ1n) is 7.25. The molecule has 23 heavy (non-hydrogen) atoms. The molecule has 1 aromatic rings. The molecule has 0 radical (unpaired) electrons. The zero-order valence-corrected chi connectivity index (χ0v) is 13.2. The van der Waals surface area contributed by atoms with Gasteiger partial charge < -0.3 is 24.8 Å². The number of urea groups is 1. The van der Waals surface area contributed by atoms with Gasteiger partial charge in [0, 0.05) is 25.8 Å². The maximum Gasteiger partial charge on any atom is 0.319 e. The minimum absolute atomic E-state index is 0.0783. The van der Waals surface area contributed by atoms with Gasteiger partial charge in [-0.3, -0.25) is 0 Å². The number of hydrogen-bond acceptors (Lipinski definition) is 4. The summed E-state index contributed by atoms with van der Waals surface area (Å²) >= 11 is 0. The van der Waals surface area contributed by atoms with Crippen LogP contribution in [0.2, 0.25) is 0 Å². The lowest BCUT2D eigenvalue weighted by Gasteiger charge is -2.43. The third kappa shape index (κ3) is 3.89. The number of hydrogen-bond donors (Lipinski definition) is 2. The molecule has 1 aliphatic rings. The lowest BCUT2D eigenvalue weighted by atomic mass is 9.85. The first-order chi connectivity index (χ1) is 11.0. The molecule has 1 saturated carbocycles. The number of carbonyl (C=O) groups is 1. The van der Waals surface area contributed by atoms with Crippen LogP contribution in [0, 0.1) is 11.6 Å². The van der Waals surface area contributed by atoms with E-state index in [1.54, 1.807) is 0 Å². The predicted molar refractivity (Wildman–Crippen MR) is 79.7 cm³/mol. The molecule has 3 atom stereocenters. The van der Waals surface area contributed by atoms with Gasteiger partial charge in [-0.1, -0.05) is 0 Å². The van der Waals surface area contributed by atoms with E-state index in [1.807, 2.05) is 6.92 Å². The molecule has 0 heterocycles. The Morgan fingerprint density at radius 1 is 1.30 bits per heavy atom. The number of nitrogens with one attached hydrogen (secondary N) is 2. The van der Waals surface area contributed by atoms with Gasteiger partial charge in [0.15, 0.2) is 17.4 Å². The molecule has 128 valence electrons. The van der Waals surface area contributed by atoms with Crippen LogP contribution in [0.25, 0.3) is 0 Å². The Balaban J connectivity index is 1.94. The number of rotatable bonds is 6. The van der Waals surface area contributed by atoms with E-state index in [2.05, 4.69) is 15.4 Å². The van der Waals surface area contributed by atoms with Crippen molar-refractivity contribution in [3.05, 3.63) is 23.8 Å². The number of methoxy groups -OCH3 is 2. The molecular formula is C15H20F2N2O4. The zero-order chi connectivity index (χ0) is 17.0. The van der Waals surface area contributed by atoms with E-state index in [9.17, 15) is 13.6 Å². The van der Waals surface area contributed by atoms with Gasteiger partial charge in [-0.15, -0.1) is 0 Å². The molecule has 1 aromatic carbocycles. The summed E-state index contributed by atoms with van der Waals surface area (Å²) in [5.74, 6) is -1.78. The average molecular weight is 330 g/mol. The Morgan fingerprint density at radius 2 is 2.04 bits per heavy atom.